The Balaban J connectivity index is 1.75. The largest absolute Gasteiger partial charge is 0.336 e. The number of amides is 4. The molecule has 122 valence electrons. The Hall–Kier alpha value is -2.12. The molecule has 1 aromatic carbocycles. The van der Waals surface area contributed by atoms with Crippen LogP contribution < -0.4 is 10.6 Å². The van der Waals surface area contributed by atoms with E-state index in [9.17, 15) is 9.59 Å². The number of hydrogen-bond acceptors (Lipinski definition) is 4. The summed E-state index contributed by atoms with van der Waals surface area (Å²) in [5, 5.41) is 8.86. The van der Waals surface area contributed by atoms with Gasteiger partial charge in [-0.3, -0.25) is 0 Å². The van der Waals surface area contributed by atoms with E-state index in [1.54, 1.807) is 11.3 Å². The van der Waals surface area contributed by atoms with Crippen molar-refractivity contribution in [1.29, 1.82) is 0 Å². The zero-order valence-corrected chi connectivity index (χ0v) is 14.0. The number of nitrogens with one attached hydrogen (secondary N) is 2. The average molecular weight is 332 g/mol. The molecular formula is C16H20N4O2S. The first kappa shape index (κ1) is 15.8. The van der Waals surface area contributed by atoms with Gasteiger partial charge in [-0.25, -0.2) is 14.5 Å². The lowest BCUT2D eigenvalue weighted by Gasteiger charge is -2.25. The van der Waals surface area contributed by atoms with Gasteiger partial charge in [-0.05, 0) is 36.5 Å². The van der Waals surface area contributed by atoms with Gasteiger partial charge >= 0.3 is 12.1 Å². The molecule has 6 nitrogen and oxygen atoms in total. The summed E-state index contributed by atoms with van der Waals surface area (Å²) < 4.78 is 1.24. The first-order valence-corrected chi connectivity index (χ1v) is 8.41. The van der Waals surface area contributed by atoms with Gasteiger partial charge in [0.05, 0.1) is 6.04 Å². The van der Waals surface area contributed by atoms with Crippen molar-refractivity contribution in [3.05, 3.63) is 35.2 Å². The molecule has 7 heteroatoms. The van der Waals surface area contributed by atoms with Gasteiger partial charge in [0, 0.05) is 24.3 Å². The minimum Gasteiger partial charge on any atom is -0.336 e. The highest BCUT2D eigenvalue weighted by Gasteiger charge is 2.27. The fraction of sp³-hybridized carbons (Fsp3) is 0.375. The lowest BCUT2D eigenvalue weighted by atomic mass is 10.0. The highest BCUT2D eigenvalue weighted by atomic mass is 32.1. The molecule has 0 saturated carbocycles. The Morgan fingerprint density at radius 1 is 1.43 bits per heavy atom. The number of hydrogen-bond donors (Lipinski definition) is 2. The molecule has 2 heterocycles. The zero-order valence-electron chi connectivity index (χ0n) is 13.2. The van der Waals surface area contributed by atoms with Gasteiger partial charge in [0.25, 0.3) is 0 Å². The van der Waals surface area contributed by atoms with E-state index in [0.717, 1.165) is 0 Å². The van der Waals surface area contributed by atoms with Crippen LogP contribution in [0.2, 0.25) is 0 Å². The second-order valence-corrected chi connectivity index (χ2v) is 6.65. The van der Waals surface area contributed by atoms with Crippen LogP contribution in [-0.2, 0) is 0 Å². The fourth-order valence-electron chi connectivity index (χ4n) is 2.77. The van der Waals surface area contributed by atoms with Crippen molar-refractivity contribution in [2.75, 3.05) is 33.7 Å². The molecule has 2 aromatic rings. The van der Waals surface area contributed by atoms with Crippen LogP contribution in [0.15, 0.2) is 29.6 Å². The van der Waals surface area contributed by atoms with Gasteiger partial charge in [-0.2, -0.15) is 0 Å². The molecule has 0 spiro atoms. The normalized spacial score (nSPS) is 16.0. The van der Waals surface area contributed by atoms with Crippen LogP contribution in [0.1, 0.15) is 11.6 Å². The predicted octanol–water partition coefficient (Wildman–Crippen LogP) is 2.24. The third-order valence-electron chi connectivity index (χ3n) is 4.04. The van der Waals surface area contributed by atoms with E-state index in [1.165, 1.54) is 20.5 Å². The zero-order chi connectivity index (χ0) is 16.4. The summed E-state index contributed by atoms with van der Waals surface area (Å²) in [6, 6.07) is 7.65. The molecule has 4 amide bonds. The summed E-state index contributed by atoms with van der Waals surface area (Å²) in [7, 11) is 3.98. The highest BCUT2D eigenvalue weighted by Crippen LogP contribution is 2.31. The number of urea groups is 2. The van der Waals surface area contributed by atoms with E-state index in [1.807, 2.05) is 26.2 Å². The maximum atomic E-state index is 12.2. The lowest BCUT2D eigenvalue weighted by Crippen LogP contribution is -2.44. The number of rotatable bonds is 4. The summed E-state index contributed by atoms with van der Waals surface area (Å²) in [5.41, 5.74) is 1.20. The number of likely N-dealkylation sites (N-methyl/N-ethyl adjacent to an activating group) is 1. The van der Waals surface area contributed by atoms with Gasteiger partial charge < -0.3 is 15.5 Å². The van der Waals surface area contributed by atoms with Crippen LogP contribution in [0, 0.1) is 0 Å². The minimum atomic E-state index is -0.341. The van der Waals surface area contributed by atoms with E-state index in [0.29, 0.717) is 19.6 Å². The molecule has 2 N–H and O–H groups in total. The second-order valence-electron chi connectivity index (χ2n) is 5.74. The second kappa shape index (κ2) is 6.55. The van der Waals surface area contributed by atoms with E-state index in [4.69, 9.17) is 0 Å². The van der Waals surface area contributed by atoms with Crippen LogP contribution in [0.25, 0.3) is 10.1 Å². The molecule has 23 heavy (non-hydrogen) atoms. The first-order chi connectivity index (χ1) is 11.1. The number of fused-ring (bicyclic) bond motifs is 1. The highest BCUT2D eigenvalue weighted by molar-refractivity contribution is 7.17. The van der Waals surface area contributed by atoms with Crippen molar-refractivity contribution >= 4 is 33.5 Å². The molecule has 3 rings (SSSR count). The smallest absolute Gasteiger partial charge is 0.325 e. The molecule has 1 aromatic heterocycles. The summed E-state index contributed by atoms with van der Waals surface area (Å²) in [6.45, 7) is 1.38. The number of thiophene rings is 1. The summed E-state index contributed by atoms with van der Waals surface area (Å²) in [4.78, 5) is 27.0. The van der Waals surface area contributed by atoms with E-state index in [2.05, 4.69) is 33.0 Å². The number of benzene rings is 1. The van der Waals surface area contributed by atoms with E-state index < -0.39 is 0 Å². The Morgan fingerprint density at radius 3 is 2.91 bits per heavy atom. The number of carbonyl (C=O) groups excluding carboxylic acids is 2. The maximum Gasteiger partial charge on any atom is 0.325 e. The Kier molecular flexibility index (Phi) is 4.49. The van der Waals surface area contributed by atoms with Crippen LogP contribution in [0.5, 0.6) is 0 Å². The molecule has 1 atom stereocenters. The minimum absolute atomic E-state index is 0.0563. The molecule has 1 aliphatic heterocycles. The van der Waals surface area contributed by atoms with Gasteiger partial charge in [0.15, 0.2) is 0 Å². The fourth-order valence-corrected chi connectivity index (χ4v) is 3.78. The summed E-state index contributed by atoms with van der Waals surface area (Å²) in [6.07, 6.45) is 0. The number of carbonyl (C=O) groups is 2. The molecule has 1 fully saturated rings. The van der Waals surface area contributed by atoms with Crippen LogP contribution >= 0.6 is 11.3 Å². The Labute approximate surface area is 139 Å². The van der Waals surface area contributed by atoms with Crippen LogP contribution in [-0.4, -0.2) is 55.6 Å². The van der Waals surface area contributed by atoms with Gasteiger partial charge in [0.2, 0.25) is 0 Å². The SMILES string of the molecule is CN(C)[C@H](CNC(=O)N1CCNC1=O)c1csc2ccccc12. The monoisotopic (exact) mass is 332 g/mol. The van der Waals surface area contributed by atoms with E-state index >= 15 is 0 Å². The van der Waals surface area contributed by atoms with E-state index in [-0.39, 0.29) is 18.1 Å². The predicted molar refractivity (Wildman–Crippen MR) is 91.8 cm³/mol. The molecule has 0 radical (unpaired) electrons. The van der Waals surface area contributed by atoms with Gasteiger partial charge in [0.1, 0.15) is 0 Å². The average Bonchev–Trinajstić information content (AvgIpc) is 3.14. The first-order valence-electron chi connectivity index (χ1n) is 7.53. The van der Waals surface area contributed by atoms with Crippen molar-refractivity contribution in [2.45, 2.75) is 6.04 Å². The van der Waals surface area contributed by atoms with Crippen molar-refractivity contribution in [1.82, 2.24) is 20.4 Å². The van der Waals surface area contributed by atoms with Crippen molar-refractivity contribution in [2.24, 2.45) is 0 Å². The third-order valence-corrected chi connectivity index (χ3v) is 5.02. The lowest BCUT2D eigenvalue weighted by molar-refractivity contribution is 0.195. The summed E-state index contributed by atoms with van der Waals surface area (Å²) in [5.74, 6) is 0. The molecule has 0 unspecified atom stereocenters. The Bertz CT molecular complexity index is 728. The molecule has 0 aliphatic carbocycles. The van der Waals surface area contributed by atoms with Crippen LogP contribution in [0.3, 0.4) is 0 Å². The summed E-state index contributed by atoms with van der Waals surface area (Å²) >= 11 is 1.71. The van der Waals surface area contributed by atoms with Gasteiger partial charge in [-0.15, -0.1) is 11.3 Å². The number of imide groups is 1. The quantitative estimate of drug-likeness (QED) is 0.902. The standard InChI is InChI=1S/C16H20N4O2S/c1-19(2)13(9-18-16(22)20-8-7-17-15(20)21)12-10-23-14-6-4-3-5-11(12)14/h3-6,10,13H,7-9H2,1-2H3,(H,17,21)(H,18,22)/t13-/m1/s1. The maximum absolute atomic E-state index is 12.2. The Morgan fingerprint density at radius 2 is 2.22 bits per heavy atom. The topological polar surface area (TPSA) is 64.7 Å². The molecule has 1 saturated heterocycles. The van der Waals surface area contributed by atoms with Crippen molar-refractivity contribution < 1.29 is 9.59 Å². The van der Waals surface area contributed by atoms with Crippen molar-refractivity contribution in [3.8, 4) is 0 Å². The van der Waals surface area contributed by atoms with Crippen LogP contribution in [0.4, 0.5) is 9.59 Å². The van der Waals surface area contributed by atoms with Crippen molar-refractivity contribution in [3.63, 3.8) is 0 Å². The molecule has 1 aliphatic rings. The van der Waals surface area contributed by atoms with Gasteiger partial charge in [-0.1, -0.05) is 18.2 Å². The molecule has 0 bridgehead atoms. The number of nitrogens with zero attached hydrogens (tertiary/aromatic N) is 2. The molecular weight excluding hydrogens is 312 g/mol. The third kappa shape index (κ3) is 3.16.